The van der Waals surface area contributed by atoms with Gasteiger partial charge in [-0.3, -0.25) is 4.79 Å². The molecule has 1 unspecified atom stereocenters. The summed E-state index contributed by atoms with van der Waals surface area (Å²) in [5.41, 5.74) is 0. The lowest BCUT2D eigenvalue weighted by atomic mass is 10.0. The van der Waals surface area contributed by atoms with Crippen LogP contribution in [0.15, 0.2) is 0 Å². The highest BCUT2D eigenvalue weighted by atomic mass is 16.5. The van der Waals surface area contributed by atoms with Gasteiger partial charge in [0, 0.05) is 45.7 Å². The lowest BCUT2D eigenvalue weighted by Crippen LogP contribution is -2.49. The van der Waals surface area contributed by atoms with Gasteiger partial charge in [0.05, 0.1) is 12.7 Å². The zero-order valence-electron chi connectivity index (χ0n) is 10.6. The van der Waals surface area contributed by atoms with Crippen LogP contribution in [0.1, 0.15) is 19.8 Å². The predicted molar refractivity (Wildman–Crippen MR) is 65.9 cm³/mol. The molecule has 2 rings (SSSR count). The molecule has 2 aliphatic rings. The fourth-order valence-corrected chi connectivity index (χ4v) is 2.57. The molecule has 17 heavy (non-hydrogen) atoms. The number of hydrogen-bond acceptors (Lipinski definition) is 4. The number of nitrogens with one attached hydrogen (secondary N) is 2. The van der Waals surface area contributed by atoms with Crippen molar-refractivity contribution in [3.05, 3.63) is 0 Å². The lowest BCUT2D eigenvalue weighted by Gasteiger charge is -2.35. The van der Waals surface area contributed by atoms with Crippen molar-refractivity contribution in [1.82, 2.24) is 15.5 Å². The van der Waals surface area contributed by atoms with Crippen molar-refractivity contribution in [3.63, 3.8) is 0 Å². The molecule has 2 aliphatic heterocycles. The molecule has 5 heteroatoms. The van der Waals surface area contributed by atoms with Gasteiger partial charge in [-0.05, 0) is 12.8 Å². The highest BCUT2D eigenvalue weighted by Crippen LogP contribution is 2.11. The normalized spacial score (nSPS) is 27.9. The van der Waals surface area contributed by atoms with Crippen LogP contribution in [-0.2, 0) is 9.53 Å². The quantitative estimate of drug-likeness (QED) is 0.704. The second kappa shape index (κ2) is 6.33. The van der Waals surface area contributed by atoms with Crippen LogP contribution in [0, 0.1) is 0 Å². The predicted octanol–water partition coefficient (Wildman–Crippen LogP) is -0.425. The van der Waals surface area contributed by atoms with Crippen LogP contribution in [0.3, 0.4) is 0 Å². The van der Waals surface area contributed by atoms with Gasteiger partial charge < -0.3 is 20.3 Å². The number of piperidine rings is 1. The Bertz CT molecular complexity index is 246. The maximum atomic E-state index is 11.0. The Morgan fingerprint density at radius 1 is 1.47 bits per heavy atom. The van der Waals surface area contributed by atoms with Crippen LogP contribution >= 0.6 is 0 Å². The van der Waals surface area contributed by atoms with Crippen molar-refractivity contribution in [2.75, 3.05) is 39.3 Å². The highest BCUT2D eigenvalue weighted by molar-refractivity contribution is 5.73. The monoisotopic (exact) mass is 241 g/mol. The Morgan fingerprint density at radius 3 is 2.82 bits per heavy atom. The largest absolute Gasteiger partial charge is 0.374 e. The molecule has 0 bridgehead atoms. The summed E-state index contributed by atoms with van der Waals surface area (Å²) in [6, 6.07) is 0.370. The highest BCUT2D eigenvalue weighted by Gasteiger charge is 2.23. The third kappa shape index (κ3) is 4.26. The van der Waals surface area contributed by atoms with Gasteiger partial charge in [-0.15, -0.1) is 0 Å². The van der Waals surface area contributed by atoms with Crippen LogP contribution < -0.4 is 10.6 Å². The van der Waals surface area contributed by atoms with E-state index in [1.165, 1.54) is 0 Å². The van der Waals surface area contributed by atoms with Gasteiger partial charge in [-0.2, -0.15) is 0 Å². The topological polar surface area (TPSA) is 53.6 Å². The van der Waals surface area contributed by atoms with E-state index < -0.39 is 0 Å². The van der Waals surface area contributed by atoms with Gasteiger partial charge in [0.25, 0.3) is 0 Å². The summed E-state index contributed by atoms with van der Waals surface area (Å²) in [5.74, 6) is 0.0864. The maximum absolute atomic E-state index is 11.0. The smallest absolute Gasteiger partial charge is 0.217 e. The molecule has 0 saturated carbocycles. The number of likely N-dealkylation sites (tertiary alicyclic amines) is 1. The number of carbonyl (C=O) groups excluding carboxylic acids is 1. The van der Waals surface area contributed by atoms with Crippen molar-refractivity contribution in [1.29, 1.82) is 0 Å². The number of amides is 1. The first-order valence-corrected chi connectivity index (χ1v) is 6.56. The van der Waals surface area contributed by atoms with E-state index >= 15 is 0 Å². The fourth-order valence-electron chi connectivity index (χ4n) is 2.57. The van der Waals surface area contributed by atoms with Crippen molar-refractivity contribution >= 4 is 5.91 Å². The number of nitrogens with zero attached hydrogens (tertiary/aromatic N) is 1. The van der Waals surface area contributed by atoms with Crippen molar-refractivity contribution < 1.29 is 9.53 Å². The average molecular weight is 241 g/mol. The summed E-state index contributed by atoms with van der Waals surface area (Å²) >= 11 is 0. The summed E-state index contributed by atoms with van der Waals surface area (Å²) in [6.45, 7) is 7.49. The number of ether oxygens (including phenoxy) is 1. The molecule has 1 atom stereocenters. The van der Waals surface area contributed by atoms with Crippen LogP contribution in [0.2, 0.25) is 0 Å². The molecule has 2 N–H and O–H groups in total. The van der Waals surface area contributed by atoms with Gasteiger partial charge >= 0.3 is 0 Å². The van der Waals surface area contributed by atoms with E-state index in [0.717, 1.165) is 52.2 Å². The summed E-state index contributed by atoms with van der Waals surface area (Å²) in [4.78, 5) is 13.4. The molecule has 2 heterocycles. The first-order valence-electron chi connectivity index (χ1n) is 6.56. The van der Waals surface area contributed by atoms with E-state index in [2.05, 4.69) is 15.5 Å². The molecule has 2 saturated heterocycles. The Balaban J connectivity index is 1.66. The minimum Gasteiger partial charge on any atom is -0.374 e. The standard InChI is InChI=1S/C12H23N3O2/c1-10(16)14-11-2-5-15(6-3-11)9-12-8-13-4-7-17-12/h11-13H,2-9H2,1H3,(H,14,16). The van der Waals surface area contributed by atoms with E-state index in [1.807, 2.05) is 0 Å². The average Bonchev–Trinajstić information content (AvgIpc) is 2.32. The molecule has 0 aromatic heterocycles. The number of rotatable bonds is 3. The molecule has 0 aromatic rings. The third-order valence-electron chi connectivity index (χ3n) is 3.46. The van der Waals surface area contributed by atoms with E-state index in [1.54, 1.807) is 6.92 Å². The van der Waals surface area contributed by atoms with E-state index in [4.69, 9.17) is 4.74 Å². The SMILES string of the molecule is CC(=O)NC1CCN(CC2CNCCO2)CC1. The zero-order valence-corrected chi connectivity index (χ0v) is 10.6. The minimum absolute atomic E-state index is 0.0864. The Morgan fingerprint density at radius 2 is 2.24 bits per heavy atom. The van der Waals surface area contributed by atoms with Crippen molar-refractivity contribution in [3.8, 4) is 0 Å². The van der Waals surface area contributed by atoms with Gasteiger partial charge in [0.15, 0.2) is 0 Å². The Kier molecular flexibility index (Phi) is 4.76. The van der Waals surface area contributed by atoms with Crippen LogP contribution in [-0.4, -0.2) is 62.3 Å². The van der Waals surface area contributed by atoms with Crippen molar-refractivity contribution in [2.45, 2.75) is 31.9 Å². The van der Waals surface area contributed by atoms with Gasteiger partial charge in [-0.1, -0.05) is 0 Å². The molecular weight excluding hydrogens is 218 g/mol. The maximum Gasteiger partial charge on any atom is 0.217 e. The molecule has 5 nitrogen and oxygen atoms in total. The first kappa shape index (κ1) is 12.8. The molecule has 2 fully saturated rings. The van der Waals surface area contributed by atoms with E-state index in [0.29, 0.717) is 12.1 Å². The fraction of sp³-hybridized carbons (Fsp3) is 0.917. The second-order valence-electron chi connectivity index (χ2n) is 4.97. The van der Waals surface area contributed by atoms with E-state index in [-0.39, 0.29) is 5.91 Å². The molecular formula is C12H23N3O2. The summed E-state index contributed by atoms with van der Waals surface area (Å²) < 4.78 is 5.70. The molecule has 1 amide bonds. The second-order valence-corrected chi connectivity index (χ2v) is 4.97. The van der Waals surface area contributed by atoms with Crippen LogP contribution in [0.4, 0.5) is 0 Å². The van der Waals surface area contributed by atoms with Crippen LogP contribution in [0.5, 0.6) is 0 Å². The number of morpholine rings is 1. The van der Waals surface area contributed by atoms with Crippen LogP contribution in [0.25, 0.3) is 0 Å². The summed E-state index contributed by atoms with van der Waals surface area (Å²) in [5, 5.41) is 6.35. The van der Waals surface area contributed by atoms with E-state index in [9.17, 15) is 4.79 Å². The molecule has 0 radical (unpaired) electrons. The zero-order chi connectivity index (χ0) is 12.1. The molecule has 0 aromatic carbocycles. The number of hydrogen-bond donors (Lipinski definition) is 2. The lowest BCUT2D eigenvalue weighted by molar-refractivity contribution is -0.120. The first-order chi connectivity index (χ1) is 8.24. The number of carbonyl (C=O) groups is 1. The van der Waals surface area contributed by atoms with Gasteiger partial charge in [0.2, 0.25) is 5.91 Å². The molecule has 98 valence electrons. The summed E-state index contributed by atoms with van der Waals surface area (Å²) in [6.07, 6.45) is 2.44. The third-order valence-corrected chi connectivity index (χ3v) is 3.46. The van der Waals surface area contributed by atoms with Gasteiger partial charge in [0.1, 0.15) is 0 Å². The minimum atomic E-state index is 0.0864. The van der Waals surface area contributed by atoms with Gasteiger partial charge in [-0.25, -0.2) is 0 Å². The Hall–Kier alpha value is -0.650. The molecule has 0 aliphatic carbocycles. The molecule has 0 spiro atoms. The Labute approximate surface area is 103 Å². The summed E-state index contributed by atoms with van der Waals surface area (Å²) in [7, 11) is 0. The van der Waals surface area contributed by atoms with Crippen molar-refractivity contribution in [2.24, 2.45) is 0 Å².